The summed E-state index contributed by atoms with van der Waals surface area (Å²) in [4.78, 5) is 4.49. The molecule has 1 atom stereocenters. The molecule has 0 spiro atoms. The molecule has 0 aliphatic rings. The molecule has 0 fully saturated rings. The number of allylic oxidation sites excluding steroid dienone is 4. The predicted octanol–water partition coefficient (Wildman–Crippen LogP) is 4.44. The maximum atomic E-state index is 9.46. The standard InChI is InChI=1S/C18H19NO/c1-3-7-14(4-2)18(17-8-5-6-13-19-17)15-9-11-16(20)12-10-15/h3-13,18,20H,1-2H3. The second kappa shape index (κ2) is 6.71. The van der Waals surface area contributed by atoms with Crippen LogP contribution in [0.3, 0.4) is 0 Å². The van der Waals surface area contributed by atoms with Crippen LogP contribution in [0, 0.1) is 0 Å². The van der Waals surface area contributed by atoms with Crippen LogP contribution in [-0.4, -0.2) is 10.1 Å². The van der Waals surface area contributed by atoms with E-state index in [1.807, 2.05) is 56.5 Å². The minimum atomic E-state index is 0.0815. The molecule has 20 heavy (non-hydrogen) atoms. The molecule has 2 nitrogen and oxygen atoms in total. The monoisotopic (exact) mass is 265 g/mol. The van der Waals surface area contributed by atoms with Crippen LogP contribution in [0.15, 0.2) is 72.5 Å². The van der Waals surface area contributed by atoms with Gasteiger partial charge in [-0.1, -0.05) is 36.4 Å². The van der Waals surface area contributed by atoms with Gasteiger partial charge in [-0.3, -0.25) is 4.98 Å². The van der Waals surface area contributed by atoms with Crippen molar-refractivity contribution < 1.29 is 5.11 Å². The first kappa shape index (κ1) is 14.1. The summed E-state index contributed by atoms with van der Waals surface area (Å²) in [6, 6.07) is 13.3. The highest BCUT2D eigenvalue weighted by molar-refractivity contribution is 5.43. The fraction of sp³-hybridized carbons (Fsp3) is 0.167. The Hall–Kier alpha value is -2.35. The highest BCUT2D eigenvalue weighted by Crippen LogP contribution is 2.32. The molecule has 102 valence electrons. The number of hydrogen-bond acceptors (Lipinski definition) is 2. The van der Waals surface area contributed by atoms with Crippen LogP contribution < -0.4 is 0 Å². The highest BCUT2D eigenvalue weighted by Gasteiger charge is 2.18. The van der Waals surface area contributed by atoms with E-state index in [1.54, 1.807) is 12.1 Å². The molecule has 0 aliphatic carbocycles. The quantitative estimate of drug-likeness (QED) is 0.829. The Morgan fingerprint density at radius 2 is 1.85 bits per heavy atom. The molecule has 2 aromatic rings. The van der Waals surface area contributed by atoms with E-state index in [9.17, 15) is 5.11 Å². The molecular formula is C18H19NO. The Balaban J connectivity index is 2.52. The van der Waals surface area contributed by atoms with E-state index in [-0.39, 0.29) is 11.7 Å². The normalized spacial score (nSPS) is 13.6. The van der Waals surface area contributed by atoms with E-state index in [0.717, 1.165) is 11.3 Å². The van der Waals surface area contributed by atoms with Gasteiger partial charge in [0.25, 0.3) is 0 Å². The lowest BCUT2D eigenvalue weighted by Crippen LogP contribution is -2.05. The molecule has 0 saturated carbocycles. The van der Waals surface area contributed by atoms with Crippen molar-refractivity contribution in [2.45, 2.75) is 19.8 Å². The van der Waals surface area contributed by atoms with Gasteiger partial charge in [-0.2, -0.15) is 0 Å². The molecule has 0 aliphatic heterocycles. The number of aromatic hydroxyl groups is 1. The number of pyridine rings is 1. The number of aromatic nitrogens is 1. The number of rotatable bonds is 4. The SMILES string of the molecule is CC=CC(=CC)C(c1ccc(O)cc1)c1ccccn1. The van der Waals surface area contributed by atoms with Crippen molar-refractivity contribution in [1.82, 2.24) is 4.98 Å². The molecule has 1 heterocycles. The largest absolute Gasteiger partial charge is 0.508 e. The Morgan fingerprint density at radius 1 is 1.10 bits per heavy atom. The first-order valence-electron chi connectivity index (χ1n) is 6.75. The van der Waals surface area contributed by atoms with E-state index in [0.29, 0.717) is 0 Å². The van der Waals surface area contributed by atoms with Crippen molar-refractivity contribution in [2.24, 2.45) is 0 Å². The summed E-state index contributed by atoms with van der Waals surface area (Å²) >= 11 is 0. The lowest BCUT2D eigenvalue weighted by atomic mass is 9.87. The molecule has 2 heteroatoms. The average Bonchev–Trinajstić information content (AvgIpc) is 2.49. The van der Waals surface area contributed by atoms with Gasteiger partial charge < -0.3 is 5.11 Å². The van der Waals surface area contributed by atoms with E-state index in [2.05, 4.69) is 17.1 Å². The zero-order valence-corrected chi connectivity index (χ0v) is 11.8. The van der Waals surface area contributed by atoms with Crippen molar-refractivity contribution in [1.29, 1.82) is 0 Å². The van der Waals surface area contributed by atoms with Crippen LogP contribution in [0.2, 0.25) is 0 Å². The fourth-order valence-corrected chi connectivity index (χ4v) is 2.30. The van der Waals surface area contributed by atoms with Gasteiger partial charge in [-0.05, 0) is 49.2 Å². The molecule has 0 saturated heterocycles. The average molecular weight is 265 g/mol. The Bertz CT molecular complexity index is 597. The smallest absolute Gasteiger partial charge is 0.115 e. The molecule has 1 N–H and O–H groups in total. The van der Waals surface area contributed by atoms with Gasteiger partial charge in [-0.25, -0.2) is 0 Å². The first-order valence-corrected chi connectivity index (χ1v) is 6.75. The van der Waals surface area contributed by atoms with Gasteiger partial charge in [-0.15, -0.1) is 0 Å². The third kappa shape index (κ3) is 3.15. The zero-order valence-electron chi connectivity index (χ0n) is 11.8. The van der Waals surface area contributed by atoms with Gasteiger partial charge in [0.1, 0.15) is 5.75 Å². The van der Waals surface area contributed by atoms with Crippen molar-refractivity contribution >= 4 is 0 Å². The summed E-state index contributed by atoms with van der Waals surface area (Å²) in [6.45, 7) is 4.04. The second-order valence-electron chi connectivity index (χ2n) is 4.57. The Kier molecular flexibility index (Phi) is 4.72. The summed E-state index contributed by atoms with van der Waals surface area (Å²) in [7, 11) is 0. The third-order valence-corrected chi connectivity index (χ3v) is 3.24. The van der Waals surface area contributed by atoms with E-state index < -0.39 is 0 Å². The van der Waals surface area contributed by atoms with Crippen LogP contribution in [-0.2, 0) is 0 Å². The zero-order chi connectivity index (χ0) is 14.4. The van der Waals surface area contributed by atoms with Crippen molar-refractivity contribution in [3.8, 4) is 5.75 Å². The molecule has 1 aromatic carbocycles. The molecule has 0 radical (unpaired) electrons. The van der Waals surface area contributed by atoms with Crippen LogP contribution in [0.5, 0.6) is 5.75 Å². The molecule has 0 amide bonds. The number of hydrogen-bond donors (Lipinski definition) is 1. The summed E-state index contributed by atoms with van der Waals surface area (Å²) in [6.07, 6.45) is 8.05. The van der Waals surface area contributed by atoms with Crippen LogP contribution in [0.4, 0.5) is 0 Å². The topological polar surface area (TPSA) is 33.1 Å². The fourth-order valence-electron chi connectivity index (χ4n) is 2.30. The third-order valence-electron chi connectivity index (χ3n) is 3.24. The van der Waals surface area contributed by atoms with Gasteiger partial charge in [0.05, 0.1) is 11.6 Å². The Labute approximate surface area is 120 Å². The van der Waals surface area contributed by atoms with Crippen LogP contribution in [0.25, 0.3) is 0 Å². The Morgan fingerprint density at radius 3 is 2.40 bits per heavy atom. The minimum absolute atomic E-state index is 0.0815. The number of benzene rings is 1. The van der Waals surface area contributed by atoms with Gasteiger partial charge in [0, 0.05) is 6.20 Å². The lowest BCUT2D eigenvalue weighted by molar-refractivity contribution is 0.475. The summed E-state index contributed by atoms with van der Waals surface area (Å²) in [5.74, 6) is 0.361. The first-order chi connectivity index (χ1) is 9.76. The number of nitrogens with zero attached hydrogens (tertiary/aromatic N) is 1. The van der Waals surface area contributed by atoms with E-state index in [1.165, 1.54) is 5.57 Å². The number of phenols is 1. The van der Waals surface area contributed by atoms with E-state index in [4.69, 9.17) is 0 Å². The molecule has 1 aromatic heterocycles. The minimum Gasteiger partial charge on any atom is -0.508 e. The lowest BCUT2D eigenvalue weighted by Gasteiger charge is -2.18. The summed E-state index contributed by atoms with van der Waals surface area (Å²) in [5.41, 5.74) is 3.31. The van der Waals surface area contributed by atoms with Gasteiger partial charge in [0.15, 0.2) is 0 Å². The van der Waals surface area contributed by atoms with Gasteiger partial charge >= 0.3 is 0 Å². The van der Waals surface area contributed by atoms with Crippen molar-refractivity contribution in [3.05, 3.63) is 83.7 Å². The maximum Gasteiger partial charge on any atom is 0.115 e. The summed E-state index contributed by atoms with van der Waals surface area (Å²) < 4.78 is 0. The molecular weight excluding hydrogens is 246 g/mol. The van der Waals surface area contributed by atoms with Crippen LogP contribution >= 0.6 is 0 Å². The van der Waals surface area contributed by atoms with Crippen LogP contribution in [0.1, 0.15) is 31.0 Å². The number of phenolic OH excluding ortho intramolecular Hbond substituents is 1. The van der Waals surface area contributed by atoms with Gasteiger partial charge in [0.2, 0.25) is 0 Å². The van der Waals surface area contributed by atoms with Crippen molar-refractivity contribution in [3.63, 3.8) is 0 Å². The second-order valence-corrected chi connectivity index (χ2v) is 4.57. The molecule has 2 rings (SSSR count). The highest BCUT2D eigenvalue weighted by atomic mass is 16.3. The molecule has 0 bridgehead atoms. The maximum absolute atomic E-state index is 9.46. The predicted molar refractivity (Wildman–Crippen MR) is 82.8 cm³/mol. The summed E-state index contributed by atoms with van der Waals surface area (Å²) in [5, 5.41) is 9.46. The van der Waals surface area contributed by atoms with Crippen molar-refractivity contribution in [2.75, 3.05) is 0 Å². The van der Waals surface area contributed by atoms with E-state index >= 15 is 0 Å². The molecule has 1 unspecified atom stereocenters.